The Morgan fingerprint density at radius 3 is 2.86 bits per heavy atom. The van der Waals surface area contributed by atoms with Crippen LogP contribution in [0.1, 0.15) is 52.1 Å². The molecule has 0 unspecified atom stereocenters. The maximum absolute atomic E-state index is 12.8. The Labute approximate surface area is 134 Å². The number of aromatic nitrogens is 3. The van der Waals surface area contributed by atoms with Gasteiger partial charge in [0.05, 0.1) is 35.1 Å². The highest BCUT2D eigenvalue weighted by molar-refractivity contribution is 7.11. The van der Waals surface area contributed by atoms with E-state index in [1.54, 1.807) is 11.3 Å². The highest BCUT2D eigenvalue weighted by Crippen LogP contribution is 2.32. The smallest absolute Gasteiger partial charge is 0.228 e. The van der Waals surface area contributed by atoms with Crippen LogP contribution in [0.25, 0.3) is 0 Å². The van der Waals surface area contributed by atoms with Crippen LogP contribution in [0.5, 0.6) is 0 Å². The predicted molar refractivity (Wildman–Crippen MR) is 86.9 cm³/mol. The lowest BCUT2D eigenvalue weighted by atomic mass is 9.97. The summed E-state index contributed by atoms with van der Waals surface area (Å²) < 4.78 is 0. The Morgan fingerprint density at radius 2 is 2.23 bits per heavy atom. The first-order valence-corrected chi connectivity index (χ1v) is 8.60. The van der Waals surface area contributed by atoms with E-state index in [9.17, 15) is 4.79 Å². The van der Waals surface area contributed by atoms with Crippen molar-refractivity contribution in [2.45, 2.75) is 52.5 Å². The van der Waals surface area contributed by atoms with Gasteiger partial charge >= 0.3 is 0 Å². The average molecular weight is 318 g/mol. The Hall–Kier alpha value is -1.69. The number of nitrogens with one attached hydrogen (secondary N) is 1. The van der Waals surface area contributed by atoms with Crippen molar-refractivity contribution in [3.63, 3.8) is 0 Å². The van der Waals surface area contributed by atoms with Crippen LogP contribution in [0, 0.1) is 20.8 Å². The zero-order valence-electron chi connectivity index (χ0n) is 13.3. The molecule has 0 aliphatic carbocycles. The van der Waals surface area contributed by atoms with E-state index in [0.29, 0.717) is 6.42 Å². The van der Waals surface area contributed by atoms with E-state index >= 15 is 0 Å². The largest absolute Gasteiger partial charge is 0.334 e. The van der Waals surface area contributed by atoms with Crippen molar-refractivity contribution in [2.75, 3.05) is 6.54 Å². The summed E-state index contributed by atoms with van der Waals surface area (Å²) in [7, 11) is 0. The molecule has 1 aliphatic heterocycles. The number of hydrogen-bond acceptors (Lipinski definition) is 4. The second-order valence-electron chi connectivity index (χ2n) is 5.98. The first-order valence-electron chi connectivity index (χ1n) is 7.78. The summed E-state index contributed by atoms with van der Waals surface area (Å²) in [4.78, 5) is 20.4. The molecule has 3 rings (SSSR count). The number of thiazole rings is 1. The Kier molecular flexibility index (Phi) is 4.29. The SMILES string of the molecule is Cc1nc(C)c(CC(=O)N2CCCC[C@@H]2c2[nH]ncc2C)s1. The number of aromatic amines is 1. The molecule has 3 heterocycles. The van der Waals surface area contributed by atoms with Crippen molar-refractivity contribution in [2.24, 2.45) is 0 Å². The number of likely N-dealkylation sites (tertiary alicyclic amines) is 1. The van der Waals surface area contributed by atoms with Gasteiger partial charge in [0, 0.05) is 11.4 Å². The van der Waals surface area contributed by atoms with E-state index in [4.69, 9.17) is 0 Å². The van der Waals surface area contributed by atoms with Crippen molar-refractivity contribution in [1.82, 2.24) is 20.1 Å². The van der Waals surface area contributed by atoms with E-state index < -0.39 is 0 Å². The van der Waals surface area contributed by atoms with E-state index in [-0.39, 0.29) is 11.9 Å². The topological polar surface area (TPSA) is 61.9 Å². The third-order valence-electron chi connectivity index (χ3n) is 4.34. The molecule has 5 nitrogen and oxygen atoms in total. The molecule has 2 aromatic heterocycles. The molecule has 2 aromatic rings. The molecule has 0 bridgehead atoms. The van der Waals surface area contributed by atoms with Crippen LogP contribution < -0.4 is 0 Å². The molecule has 6 heteroatoms. The standard InChI is InChI=1S/C16H22N4OS/c1-10-9-17-19-16(10)13-6-4-5-7-20(13)15(21)8-14-11(2)18-12(3)22-14/h9,13H,4-8H2,1-3H3,(H,17,19)/t13-/m1/s1. The lowest BCUT2D eigenvalue weighted by molar-refractivity contribution is -0.134. The van der Waals surface area contributed by atoms with E-state index in [2.05, 4.69) is 15.2 Å². The first-order chi connectivity index (χ1) is 10.6. The molecule has 1 aliphatic rings. The van der Waals surface area contributed by atoms with E-state index in [0.717, 1.165) is 52.6 Å². The number of nitrogens with zero attached hydrogens (tertiary/aromatic N) is 3. The number of H-pyrrole nitrogens is 1. The van der Waals surface area contributed by atoms with Crippen LogP contribution in [0.4, 0.5) is 0 Å². The number of hydrogen-bond donors (Lipinski definition) is 1. The normalized spacial score (nSPS) is 18.7. The summed E-state index contributed by atoms with van der Waals surface area (Å²) in [6, 6.07) is 0.137. The summed E-state index contributed by atoms with van der Waals surface area (Å²) in [5, 5.41) is 8.23. The molecule has 1 N–H and O–H groups in total. The van der Waals surface area contributed by atoms with Gasteiger partial charge in [-0.25, -0.2) is 4.98 Å². The summed E-state index contributed by atoms with van der Waals surface area (Å²) in [6.07, 6.45) is 5.54. The quantitative estimate of drug-likeness (QED) is 0.946. The van der Waals surface area contributed by atoms with Crippen molar-refractivity contribution in [3.05, 3.63) is 33.0 Å². The highest BCUT2D eigenvalue weighted by atomic mass is 32.1. The summed E-state index contributed by atoms with van der Waals surface area (Å²) in [5.74, 6) is 0.199. The molecule has 0 aromatic carbocycles. The first kappa shape index (κ1) is 15.2. The van der Waals surface area contributed by atoms with Crippen LogP contribution >= 0.6 is 11.3 Å². The van der Waals surface area contributed by atoms with Gasteiger partial charge in [0.25, 0.3) is 0 Å². The van der Waals surface area contributed by atoms with E-state index in [1.165, 1.54) is 0 Å². The Morgan fingerprint density at radius 1 is 1.41 bits per heavy atom. The summed E-state index contributed by atoms with van der Waals surface area (Å²) >= 11 is 1.63. The Balaban J connectivity index is 1.80. The summed E-state index contributed by atoms with van der Waals surface area (Å²) in [5.41, 5.74) is 3.21. The van der Waals surface area contributed by atoms with Crippen molar-refractivity contribution < 1.29 is 4.79 Å². The minimum atomic E-state index is 0.137. The monoisotopic (exact) mass is 318 g/mol. The van der Waals surface area contributed by atoms with Crippen LogP contribution in [0.15, 0.2) is 6.20 Å². The molecule has 0 radical (unpaired) electrons. The summed E-state index contributed by atoms with van der Waals surface area (Å²) in [6.45, 7) is 6.85. The van der Waals surface area contributed by atoms with Crippen molar-refractivity contribution >= 4 is 17.2 Å². The van der Waals surface area contributed by atoms with Crippen molar-refractivity contribution in [1.29, 1.82) is 0 Å². The van der Waals surface area contributed by atoms with Gasteiger partial charge in [-0.1, -0.05) is 0 Å². The lowest BCUT2D eigenvalue weighted by Crippen LogP contribution is -2.39. The van der Waals surface area contributed by atoms with Crippen LogP contribution in [-0.4, -0.2) is 32.5 Å². The third kappa shape index (κ3) is 2.92. The second kappa shape index (κ2) is 6.20. The second-order valence-corrected chi connectivity index (χ2v) is 7.27. The van der Waals surface area contributed by atoms with Gasteiger partial charge in [-0.05, 0) is 45.6 Å². The van der Waals surface area contributed by atoms with Crippen LogP contribution in [-0.2, 0) is 11.2 Å². The number of rotatable bonds is 3. The molecule has 0 spiro atoms. The zero-order valence-corrected chi connectivity index (χ0v) is 14.2. The van der Waals surface area contributed by atoms with E-state index in [1.807, 2.05) is 31.9 Å². The van der Waals surface area contributed by atoms with Crippen LogP contribution in [0.3, 0.4) is 0 Å². The van der Waals surface area contributed by atoms with Gasteiger partial charge < -0.3 is 4.90 Å². The molecular formula is C16H22N4OS. The minimum absolute atomic E-state index is 0.137. The number of aryl methyl sites for hydroxylation is 3. The molecule has 22 heavy (non-hydrogen) atoms. The molecule has 118 valence electrons. The number of carbonyl (C=O) groups is 1. The average Bonchev–Trinajstić information content (AvgIpc) is 3.04. The van der Waals surface area contributed by atoms with Gasteiger partial charge in [0.1, 0.15) is 0 Å². The Bertz CT molecular complexity index is 675. The fraction of sp³-hybridized carbons (Fsp3) is 0.562. The molecule has 0 saturated carbocycles. The maximum atomic E-state index is 12.8. The molecule has 1 fully saturated rings. The van der Waals surface area contributed by atoms with Crippen molar-refractivity contribution in [3.8, 4) is 0 Å². The van der Waals surface area contributed by atoms with Gasteiger partial charge in [-0.3, -0.25) is 9.89 Å². The lowest BCUT2D eigenvalue weighted by Gasteiger charge is -2.35. The highest BCUT2D eigenvalue weighted by Gasteiger charge is 2.30. The maximum Gasteiger partial charge on any atom is 0.228 e. The third-order valence-corrected chi connectivity index (χ3v) is 5.41. The molecule has 1 atom stereocenters. The van der Waals surface area contributed by atoms with Gasteiger partial charge in [-0.15, -0.1) is 11.3 Å². The molecule has 1 saturated heterocycles. The zero-order chi connectivity index (χ0) is 15.7. The van der Waals surface area contributed by atoms with Gasteiger partial charge in [0.2, 0.25) is 5.91 Å². The molecule has 1 amide bonds. The van der Waals surface area contributed by atoms with Crippen LogP contribution in [0.2, 0.25) is 0 Å². The molecular weight excluding hydrogens is 296 g/mol. The predicted octanol–water partition coefficient (Wildman–Crippen LogP) is 3.09. The minimum Gasteiger partial charge on any atom is -0.334 e. The fourth-order valence-corrected chi connectivity index (χ4v) is 4.13. The number of carbonyl (C=O) groups excluding carboxylic acids is 1. The van der Waals surface area contributed by atoms with Gasteiger partial charge in [0.15, 0.2) is 0 Å². The number of piperidine rings is 1. The number of amides is 1. The fourth-order valence-electron chi connectivity index (χ4n) is 3.20. The van der Waals surface area contributed by atoms with Gasteiger partial charge in [-0.2, -0.15) is 5.10 Å².